The van der Waals surface area contributed by atoms with Crippen molar-refractivity contribution in [2.75, 3.05) is 7.11 Å². The maximum absolute atomic E-state index is 12.2. The van der Waals surface area contributed by atoms with Crippen LogP contribution in [0, 0.1) is 10.1 Å². The van der Waals surface area contributed by atoms with E-state index in [0.717, 1.165) is 0 Å². The Labute approximate surface area is 124 Å². The number of ether oxygens (including phenoxy) is 1. The number of benzene rings is 2. The molecule has 3 rings (SSSR count). The lowest BCUT2D eigenvalue weighted by molar-refractivity contribution is -0.384. The van der Waals surface area contributed by atoms with E-state index in [2.05, 4.69) is 0 Å². The zero-order valence-corrected chi connectivity index (χ0v) is 11.6. The van der Waals surface area contributed by atoms with E-state index in [9.17, 15) is 14.9 Å². The minimum atomic E-state index is -0.493. The number of rotatable bonds is 3. The lowest BCUT2D eigenvalue weighted by Crippen LogP contribution is -2.01. The van der Waals surface area contributed by atoms with E-state index in [1.165, 1.54) is 25.3 Å². The Morgan fingerprint density at radius 3 is 2.68 bits per heavy atom. The normalized spacial score (nSPS) is 10.6. The molecule has 0 aliphatic heterocycles. The molecular weight excluding hydrogens is 286 g/mol. The fourth-order valence-corrected chi connectivity index (χ4v) is 2.18. The van der Waals surface area contributed by atoms with Crippen molar-refractivity contribution < 1.29 is 14.1 Å². The van der Waals surface area contributed by atoms with Crippen molar-refractivity contribution in [3.05, 3.63) is 68.9 Å². The van der Waals surface area contributed by atoms with Crippen LogP contribution in [-0.4, -0.2) is 12.0 Å². The van der Waals surface area contributed by atoms with Crippen molar-refractivity contribution in [1.29, 1.82) is 0 Å². The van der Waals surface area contributed by atoms with Gasteiger partial charge in [-0.05, 0) is 18.2 Å². The summed E-state index contributed by atoms with van der Waals surface area (Å²) in [7, 11) is 1.51. The first-order chi connectivity index (χ1) is 10.6. The molecule has 1 heterocycles. The largest absolute Gasteiger partial charge is 0.497 e. The Hall–Kier alpha value is -3.15. The number of hydrogen-bond donors (Lipinski definition) is 0. The van der Waals surface area contributed by atoms with Gasteiger partial charge in [0.1, 0.15) is 17.1 Å². The van der Waals surface area contributed by atoms with Crippen LogP contribution >= 0.6 is 0 Å². The molecule has 1 aromatic heterocycles. The molecule has 110 valence electrons. The maximum Gasteiger partial charge on any atom is 0.270 e. The second-order valence-corrected chi connectivity index (χ2v) is 4.64. The van der Waals surface area contributed by atoms with Crippen molar-refractivity contribution in [2.45, 2.75) is 0 Å². The van der Waals surface area contributed by atoms with Crippen molar-refractivity contribution >= 4 is 16.7 Å². The third-order valence-corrected chi connectivity index (χ3v) is 3.28. The van der Waals surface area contributed by atoms with Crippen LogP contribution in [0.4, 0.5) is 5.69 Å². The zero-order valence-electron chi connectivity index (χ0n) is 11.6. The summed E-state index contributed by atoms with van der Waals surface area (Å²) in [5.41, 5.74) is 0.579. The Morgan fingerprint density at radius 1 is 1.14 bits per heavy atom. The van der Waals surface area contributed by atoms with Gasteiger partial charge in [-0.15, -0.1) is 0 Å². The van der Waals surface area contributed by atoms with Crippen LogP contribution < -0.4 is 10.2 Å². The van der Waals surface area contributed by atoms with Gasteiger partial charge in [-0.25, -0.2) is 0 Å². The molecular formula is C16H11NO5. The standard InChI is InChI=1S/C16H11NO5/c1-21-12-5-6-15-13(8-12)14(18)9-16(22-15)10-3-2-4-11(7-10)17(19)20/h2-9H,1H3. The monoisotopic (exact) mass is 297 g/mol. The topological polar surface area (TPSA) is 82.6 Å². The molecule has 0 bridgehead atoms. The molecule has 0 unspecified atom stereocenters. The van der Waals surface area contributed by atoms with Crippen molar-refractivity contribution in [3.63, 3.8) is 0 Å². The van der Waals surface area contributed by atoms with Crippen molar-refractivity contribution in [2.24, 2.45) is 0 Å². The number of methoxy groups -OCH3 is 1. The summed E-state index contributed by atoms with van der Waals surface area (Å²) < 4.78 is 10.8. The highest BCUT2D eigenvalue weighted by atomic mass is 16.6. The molecule has 0 atom stereocenters. The third-order valence-electron chi connectivity index (χ3n) is 3.28. The van der Waals surface area contributed by atoms with E-state index in [1.54, 1.807) is 30.3 Å². The molecule has 0 spiro atoms. The van der Waals surface area contributed by atoms with E-state index >= 15 is 0 Å². The maximum atomic E-state index is 12.2. The molecule has 0 aliphatic carbocycles. The highest BCUT2D eigenvalue weighted by Gasteiger charge is 2.11. The first-order valence-electron chi connectivity index (χ1n) is 6.45. The first-order valence-corrected chi connectivity index (χ1v) is 6.45. The van der Waals surface area contributed by atoms with E-state index < -0.39 is 4.92 Å². The lowest BCUT2D eigenvalue weighted by Gasteiger charge is -2.05. The molecule has 3 aromatic rings. The molecule has 0 N–H and O–H groups in total. The number of nitro benzene ring substituents is 1. The smallest absolute Gasteiger partial charge is 0.270 e. The molecule has 0 amide bonds. The number of hydrogen-bond acceptors (Lipinski definition) is 5. The van der Waals surface area contributed by atoms with E-state index in [4.69, 9.17) is 9.15 Å². The number of fused-ring (bicyclic) bond motifs is 1. The molecule has 0 radical (unpaired) electrons. The van der Waals surface area contributed by atoms with Crippen LogP contribution in [0.3, 0.4) is 0 Å². The van der Waals surface area contributed by atoms with Gasteiger partial charge in [0.25, 0.3) is 5.69 Å². The Kier molecular flexibility index (Phi) is 3.34. The van der Waals surface area contributed by atoms with Crippen LogP contribution in [-0.2, 0) is 0 Å². The Balaban J connectivity index is 2.18. The molecule has 2 aromatic carbocycles. The van der Waals surface area contributed by atoms with Crippen LogP contribution in [0.2, 0.25) is 0 Å². The minimum absolute atomic E-state index is 0.0602. The highest BCUT2D eigenvalue weighted by molar-refractivity contribution is 5.80. The second kappa shape index (κ2) is 5.33. The molecule has 0 saturated heterocycles. The van der Waals surface area contributed by atoms with Gasteiger partial charge in [-0.3, -0.25) is 14.9 Å². The quantitative estimate of drug-likeness (QED) is 0.546. The fourth-order valence-electron chi connectivity index (χ4n) is 2.18. The second-order valence-electron chi connectivity index (χ2n) is 4.64. The van der Waals surface area contributed by atoms with Crippen LogP contribution in [0.15, 0.2) is 57.7 Å². The number of nitro groups is 1. The zero-order chi connectivity index (χ0) is 15.7. The molecule has 6 heteroatoms. The van der Waals surface area contributed by atoms with Crippen molar-refractivity contribution in [1.82, 2.24) is 0 Å². The predicted octanol–water partition coefficient (Wildman–Crippen LogP) is 3.38. The van der Waals surface area contributed by atoms with Gasteiger partial charge in [0.05, 0.1) is 17.4 Å². The summed E-state index contributed by atoms with van der Waals surface area (Å²) in [5, 5.41) is 11.2. The van der Waals surface area contributed by atoms with Gasteiger partial charge in [-0.1, -0.05) is 12.1 Å². The highest BCUT2D eigenvalue weighted by Crippen LogP contribution is 2.26. The summed E-state index contributed by atoms with van der Waals surface area (Å²) in [5.74, 6) is 0.842. The minimum Gasteiger partial charge on any atom is -0.497 e. The third kappa shape index (κ3) is 2.42. The molecule has 0 saturated carbocycles. The summed E-state index contributed by atoms with van der Waals surface area (Å²) in [6.07, 6.45) is 0. The Morgan fingerprint density at radius 2 is 1.95 bits per heavy atom. The number of non-ortho nitro benzene ring substituents is 1. The summed E-state index contributed by atoms with van der Waals surface area (Å²) in [6.45, 7) is 0. The average Bonchev–Trinajstić information content (AvgIpc) is 2.54. The Bertz CT molecular complexity index is 929. The van der Waals surface area contributed by atoms with E-state index in [0.29, 0.717) is 22.3 Å². The van der Waals surface area contributed by atoms with E-state index in [1.807, 2.05) is 0 Å². The average molecular weight is 297 g/mol. The van der Waals surface area contributed by atoms with Crippen molar-refractivity contribution in [3.8, 4) is 17.1 Å². The number of nitrogens with zero attached hydrogens (tertiary/aromatic N) is 1. The van der Waals surface area contributed by atoms with Crippen LogP contribution in [0.5, 0.6) is 5.75 Å². The lowest BCUT2D eigenvalue weighted by atomic mass is 10.1. The fraction of sp³-hybridized carbons (Fsp3) is 0.0625. The summed E-state index contributed by atoms with van der Waals surface area (Å²) in [6, 6.07) is 12.2. The van der Waals surface area contributed by atoms with Gasteiger partial charge in [-0.2, -0.15) is 0 Å². The van der Waals surface area contributed by atoms with Gasteiger partial charge < -0.3 is 9.15 Å². The van der Waals surface area contributed by atoms with E-state index in [-0.39, 0.29) is 16.9 Å². The first kappa shape index (κ1) is 13.8. The SMILES string of the molecule is COc1ccc2oc(-c3cccc([N+](=O)[O-])c3)cc(=O)c2c1. The predicted molar refractivity (Wildman–Crippen MR) is 81.1 cm³/mol. The van der Waals surface area contributed by atoms with Gasteiger partial charge >= 0.3 is 0 Å². The van der Waals surface area contributed by atoms with Gasteiger partial charge in [0.15, 0.2) is 5.43 Å². The molecule has 0 aliphatic rings. The van der Waals surface area contributed by atoms with Gasteiger partial charge in [0, 0.05) is 23.8 Å². The van der Waals surface area contributed by atoms with Crippen LogP contribution in [0.1, 0.15) is 0 Å². The molecule has 0 fully saturated rings. The summed E-state index contributed by atoms with van der Waals surface area (Å²) in [4.78, 5) is 22.6. The van der Waals surface area contributed by atoms with Gasteiger partial charge in [0.2, 0.25) is 0 Å². The van der Waals surface area contributed by atoms with Crippen LogP contribution in [0.25, 0.3) is 22.3 Å². The molecule has 6 nitrogen and oxygen atoms in total. The summed E-state index contributed by atoms with van der Waals surface area (Å²) >= 11 is 0. The molecule has 22 heavy (non-hydrogen) atoms.